The van der Waals surface area contributed by atoms with Crippen LogP contribution in [0.4, 0.5) is 0 Å². The van der Waals surface area contributed by atoms with Crippen LogP contribution in [0.3, 0.4) is 0 Å². The van der Waals surface area contributed by atoms with E-state index in [4.69, 9.17) is 27.9 Å². The summed E-state index contributed by atoms with van der Waals surface area (Å²) in [5.41, 5.74) is 3.96. The average Bonchev–Trinajstić information content (AvgIpc) is 3.23. The molecule has 0 aliphatic heterocycles. The van der Waals surface area contributed by atoms with Gasteiger partial charge < -0.3 is 4.74 Å². The molecule has 33 heavy (non-hydrogen) atoms. The molecule has 0 radical (unpaired) electrons. The van der Waals surface area contributed by atoms with Crippen LogP contribution in [0.1, 0.15) is 32.1 Å². The third-order valence-corrected chi connectivity index (χ3v) is 5.48. The van der Waals surface area contributed by atoms with Crippen LogP contribution < -0.4 is 0 Å². The summed E-state index contributed by atoms with van der Waals surface area (Å²) in [5, 5.41) is 5.49. The number of carbonyl (C=O) groups is 2. The van der Waals surface area contributed by atoms with Crippen molar-refractivity contribution in [3.8, 4) is 17.1 Å². The van der Waals surface area contributed by atoms with Crippen LogP contribution in [0.5, 0.6) is 0 Å². The largest absolute Gasteiger partial charge is 0.451 e. The van der Waals surface area contributed by atoms with Gasteiger partial charge in [0.2, 0.25) is 0 Å². The molecule has 4 aromatic rings. The number of carbonyl (C=O) groups excluding carboxylic acids is 2. The summed E-state index contributed by atoms with van der Waals surface area (Å²) in [6.45, 7) is 3.52. The van der Waals surface area contributed by atoms with Crippen LogP contribution in [0.2, 0.25) is 10.0 Å². The lowest BCUT2D eigenvalue weighted by Crippen LogP contribution is -2.15. The molecule has 0 unspecified atom stereocenters. The van der Waals surface area contributed by atoms with E-state index in [1.54, 1.807) is 53.2 Å². The molecular weight excluding hydrogens is 461 g/mol. The van der Waals surface area contributed by atoms with Gasteiger partial charge in [-0.25, -0.2) is 14.5 Å². The van der Waals surface area contributed by atoms with Gasteiger partial charge in [-0.15, -0.1) is 5.10 Å². The Morgan fingerprint density at radius 1 is 0.909 bits per heavy atom. The molecule has 8 heteroatoms. The predicted octanol–water partition coefficient (Wildman–Crippen LogP) is 5.90. The first-order valence-corrected chi connectivity index (χ1v) is 10.8. The maximum absolute atomic E-state index is 12.7. The summed E-state index contributed by atoms with van der Waals surface area (Å²) in [6, 6.07) is 19.3. The fraction of sp³-hybridized carbons (Fsp3) is 0.120. The monoisotopic (exact) mass is 479 g/mol. The Kier molecular flexibility index (Phi) is 6.58. The number of hydrogen-bond donors (Lipinski definition) is 0. The molecule has 0 bridgehead atoms. The normalized spacial score (nSPS) is 10.8. The Morgan fingerprint density at radius 3 is 2.18 bits per heavy atom. The summed E-state index contributed by atoms with van der Waals surface area (Å²) < 4.78 is 6.80. The quantitative estimate of drug-likeness (QED) is 0.254. The lowest BCUT2D eigenvalue weighted by atomic mass is 10.1. The Hall–Kier alpha value is -3.48. The van der Waals surface area contributed by atoms with Gasteiger partial charge in [-0.3, -0.25) is 4.79 Å². The van der Waals surface area contributed by atoms with E-state index in [-0.39, 0.29) is 11.6 Å². The van der Waals surface area contributed by atoms with Crippen LogP contribution in [-0.2, 0) is 4.74 Å². The Bertz CT molecular complexity index is 1330. The van der Waals surface area contributed by atoms with E-state index in [1.165, 1.54) is 0 Å². The number of Topliss-reactive ketones (excluding diaryl/α,β-unsaturated/α-hetero) is 1. The van der Waals surface area contributed by atoms with E-state index in [9.17, 15) is 9.59 Å². The lowest BCUT2D eigenvalue weighted by molar-refractivity contribution is 0.0462. The number of esters is 1. The molecule has 4 rings (SSSR count). The molecule has 6 nitrogen and oxygen atoms in total. The van der Waals surface area contributed by atoms with Gasteiger partial charge in [0.05, 0.1) is 5.69 Å². The molecule has 0 amide bonds. The molecule has 3 aromatic carbocycles. The third-order valence-electron chi connectivity index (χ3n) is 4.97. The minimum atomic E-state index is -0.795. The van der Waals surface area contributed by atoms with Crippen LogP contribution >= 0.6 is 23.2 Å². The molecular formula is C25H19Cl2N3O3. The van der Waals surface area contributed by atoms with Crippen molar-refractivity contribution >= 4 is 35.0 Å². The van der Waals surface area contributed by atoms with Gasteiger partial charge >= 0.3 is 5.97 Å². The van der Waals surface area contributed by atoms with Crippen LogP contribution in [0.25, 0.3) is 17.1 Å². The lowest BCUT2D eigenvalue weighted by Gasteiger charge is -2.10. The molecule has 0 aliphatic rings. The Morgan fingerprint density at radius 2 is 1.55 bits per heavy atom. The molecule has 166 valence electrons. The van der Waals surface area contributed by atoms with Gasteiger partial charge in [-0.05, 0) is 74.0 Å². The van der Waals surface area contributed by atoms with E-state index >= 15 is 0 Å². The number of nitrogens with zero attached hydrogens (tertiary/aromatic N) is 3. The van der Waals surface area contributed by atoms with Crippen molar-refractivity contribution < 1.29 is 14.3 Å². The first-order valence-electron chi connectivity index (χ1n) is 10.1. The molecule has 0 fully saturated rings. The molecule has 1 aromatic heterocycles. The molecule has 0 atom stereocenters. The second-order valence-corrected chi connectivity index (χ2v) is 8.35. The number of hydrogen-bond acceptors (Lipinski definition) is 5. The topological polar surface area (TPSA) is 74.1 Å². The first-order chi connectivity index (χ1) is 15.8. The molecule has 0 saturated heterocycles. The zero-order chi connectivity index (χ0) is 23.5. The SMILES string of the molecule is Cc1ccc(-n2nc(C(=O)OCC(=O)c3ccc(Cl)cc3)nc2-c2ccc(Cl)cc2)c(C)c1. The maximum atomic E-state index is 12.7. The van der Waals surface area contributed by atoms with Crippen molar-refractivity contribution in [3.63, 3.8) is 0 Å². The van der Waals surface area contributed by atoms with Crippen molar-refractivity contribution in [2.45, 2.75) is 13.8 Å². The van der Waals surface area contributed by atoms with Crippen molar-refractivity contribution in [3.05, 3.63) is 99.3 Å². The predicted molar refractivity (Wildman–Crippen MR) is 127 cm³/mol. The van der Waals surface area contributed by atoms with Crippen molar-refractivity contribution in [1.29, 1.82) is 0 Å². The summed E-state index contributed by atoms with van der Waals surface area (Å²) in [4.78, 5) is 29.5. The van der Waals surface area contributed by atoms with Crippen LogP contribution in [0.15, 0.2) is 66.7 Å². The van der Waals surface area contributed by atoms with E-state index in [0.29, 0.717) is 21.4 Å². The summed E-state index contributed by atoms with van der Waals surface area (Å²) in [6.07, 6.45) is 0. The zero-order valence-electron chi connectivity index (χ0n) is 17.9. The van der Waals surface area contributed by atoms with E-state index in [1.807, 2.05) is 32.0 Å². The molecule has 1 heterocycles. The van der Waals surface area contributed by atoms with E-state index in [0.717, 1.165) is 22.4 Å². The highest BCUT2D eigenvalue weighted by atomic mass is 35.5. The van der Waals surface area contributed by atoms with E-state index < -0.39 is 12.6 Å². The van der Waals surface area contributed by atoms with Crippen LogP contribution in [-0.4, -0.2) is 33.1 Å². The smallest absolute Gasteiger partial charge is 0.378 e. The molecule has 0 aliphatic carbocycles. The minimum absolute atomic E-state index is 0.149. The van der Waals surface area contributed by atoms with Gasteiger partial charge in [-0.2, -0.15) is 0 Å². The Balaban J connectivity index is 1.64. The van der Waals surface area contributed by atoms with Crippen molar-refractivity contribution in [2.24, 2.45) is 0 Å². The summed E-state index contributed by atoms with van der Waals surface area (Å²) in [7, 11) is 0. The highest BCUT2D eigenvalue weighted by Gasteiger charge is 2.22. The summed E-state index contributed by atoms with van der Waals surface area (Å²) >= 11 is 11.9. The Labute approximate surface area is 200 Å². The fourth-order valence-electron chi connectivity index (χ4n) is 3.31. The van der Waals surface area contributed by atoms with Crippen molar-refractivity contribution in [2.75, 3.05) is 6.61 Å². The number of rotatable bonds is 6. The van der Waals surface area contributed by atoms with E-state index in [2.05, 4.69) is 10.1 Å². The van der Waals surface area contributed by atoms with Crippen LogP contribution in [0, 0.1) is 13.8 Å². The van der Waals surface area contributed by atoms with Gasteiger partial charge in [0.15, 0.2) is 18.2 Å². The van der Waals surface area contributed by atoms with Gasteiger partial charge in [0.25, 0.3) is 5.82 Å². The average molecular weight is 480 g/mol. The molecule has 0 N–H and O–H groups in total. The molecule has 0 saturated carbocycles. The highest BCUT2D eigenvalue weighted by molar-refractivity contribution is 6.31. The van der Waals surface area contributed by atoms with Gasteiger partial charge in [0, 0.05) is 21.2 Å². The van der Waals surface area contributed by atoms with Gasteiger partial charge in [-0.1, -0.05) is 40.9 Å². The minimum Gasteiger partial charge on any atom is -0.451 e. The number of ketones is 1. The number of aromatic nitrogens is 3. The molecule has 0 spiro atoms. The number of benzene rings is 3. The second kappa shape index (κ2) is 9.57. The summed E-state index contributed by atoms with van der Waals surface area (Å²) in [5.74, 6) is -0.846. The first kappa shape index (κ1) is 22.7. The fourth-order valence-corrected chi connectivity index (χ4v) is 3.56. The zero-order valence-corrected chi connectivity index (χ0v) is 19.4. The number of ether oxygens (including phenoxy) is 1. The standard InChI is InChI=1S/C25H19Cl2N3O3/c1-15-3-12-21(16(2)13-15)30-24(18-6-10-20(27)11-7-18)28-23(29-30)25(32)33-14-22(31)17-4-8-19(26)9-5-17/h3-13H,14H2,1-2H3. The number of aryl methyl sites for hydroxylation is 2. The highest BCUT2D eigenvalue weighted by Crippen LogP contribution is 2.25. The maximum Gasteiger partial charge on any atom is 0.378 e. The number of halogens is 2. The second-order valence-electron chi connectivity index (χ2n) is 7.47. The third kappa shape index (κ3) is 5.13. The van der Waals surface area contributed by atoms with Gasteiger partial charge in [0.1, 0.15) is 0 Å². The van der Waals surface area contributed by atoms with Crippen molar-refractivity contribution in [1.82, 2.24) is 14.8 Å².